The molecule has 3 rings (SSSR count). The highest BCUT2D eigenvalue weighted by molar-refractivity contribution is 8.13. The lowest BCUT2D eigenvalue weighted by molar-refractivity contribution is -0.153. The molecule has 0 aromatic heterocycles. The molecule has 1 atom stereocenters. The molecule has 3 fully saturated rings. The van der Waals surface area contributed by atoms with Gasteiger partial charge in [-0.25, -0.2) is 4.79 Å². The monoisotopic (exact) mass is 440 g/mol. The number of amides is 2. The molecule has 0 aromatic carbocycles. The molecular formula is C22H36N2O5S. The first kappa shape index (κ1) is 24.9. The molecule has 0 bridgehead atoms. The summed E-state index contributed by atoms with van der Waals surface area (Å²) in [4.78, 5) is 45.4. The van der Waals surface area contributed by atoms with E-state index in [2.05, 4.69) is 5.32 Å². The SMILES string of the molecule is C1CCC(NC2CCCCC2)CC1.CC(=O)SCCC(=O)N1C(=O)CC[C@H]1C(=O)O. The molecule has 2 saturated carbocycles. The maximum atomic E-state index is 11.7. The van der Waals surface area contributed by atoms with Crippen molar-refractivity contribution in [2.45, 2.75) is 109 Å². The van der Waals surface area contributed by atoms with Crippen LogP contribution in [-0.4, -0.2) is 56.8 Å². The summed E-state index contributed by atoms with van der Waals surface area (Å²) < 4.78 is 0. The van der Waals surface area contributed by atoms with Crippen LogP contribution in [-0.2, 0) is 19.2 Å². The van der Waals surface area contributed by atoms with Gasteiger partial charge in [0.2, 0.25) is 11.8 Å². The molecule has 8 heteroatoms. The number of hydrogen-bond acceptors (Lipinski definition) is 6. The van der Waals surface area contributed by atoms with Crippen LogP contribution in [0.15, 0.2) is 0 Å². The summed E-state index contributed by atoms with van der Waals surface area (Å²) in [5.74, 6) is -1.86. The number of hydrogen-bond donors (Lipinski definition) is 2. The van der Waals surface area contributed by atoms with E-state index in [0.717, 1.165) is 28.7 Å². The fourth-order valence-electron chi connectivity index (χ4n) is 4.50. The zero-order valence-corrected chi connectivity index (χ0v) is 18.9. The van der Waals surface area contributed by atoms with Crippen molar-refractivity contribution in [1.29, 1.82) is 0 Å². The Labute approximate surface area is 183 Å². The second kappa shape index (κ2) is 13.1. The van der Waals surface area contributed by atoms with Crippen LogP contribution in [0.5, 0.6) is 0 Å². The fraction of sp³-hybridized carbons (Fsp3) is 0.818. The van der Waals surface area contributed by atoms with E-state index >= 15 is 0 Å². The first-order valence-corrected chi connectivity index (χ1v) is 12.3. The van der Waals surface area contributed by atoms with Gasteiger partial charge in [0.05, 0.1) is 0 Å². The van der Waals surface area contributed by atoms with E-state index in [4.69, 9.17) is 5.11 Å². The van der Waals surface area contributed by atoms with Gasteiger partial charge in [0.15, 0.2) is 5.12 Å². The van der Waals surface area contributed by atoms with Crippen LogP contribution in [0.2, 0.25) is 0 Å². The zero-order valence-electron chi connectivity index (χ0n) is 18.1. The highest BCUT2D eigenvalue weighted by Crippen LogP contribution is 2.23. The van der Waals surface area contributed by atoms with Crippen LogP contribution in [0.4, 0.5) is 0 Å². The van der Waals surface area contributed by atoms with Gasteiger partial charge in [-0.15, -0.1) is 0 Å². The Balaban J connectivity index is 0.000000220. The topological polar surface area (TPSA) is 104 Å². The minimum absolute atomic E-state index is 0.000231. The zero-order chi connectivity index (χ0) is 21.9. The number of nitrogens with one attached hydrogen (secondary N) is 1. The molecule has 0 aromatic rings. The number of rotatable bonds is 6. The highest BCUT2D eigenvalue weighted by Gasteiger charge is 2.39. The molecule has 1 heterocycles. The lowest BCUT2D eigenvalue weighted by Gasteiger charge is -2.30. The standard InChI is InChI=1S/C12H23N.C10H13NO5S/c1-3-7-11(8-4-1)13-12-9-5-2-6-10-12;1-6(12)17-5-4-9(14)11-7(10(15)16)2-3-8(11)13/h11-13H,1-10H2;7H,2-5H2,1H3,(H,15,16)/t;7-/m.0/s1. The molecule has 3 aliphatic rings. The largest absolute Gasteiger partial charge is 0.480 e. The molecule has 30 heavy (non-hydrogen) atoms. The summed E-state index contributed by atoms with van der Waals surface area (Å²) in [6, 6.07) is 0.700. The highest BCUT2D eigenvalue weighted by atomic mass is 32.2. The van der Waals surface area contributed by atoms with Gasteiger partial charge in [0, 0.05) is 37.6 Å². The van der Waals surface area contributed by atoms with Crippen LogP contribution < -0.4 is 5.32 Å². The number of carbonyl (C=O) groups excluding carboxylic acids is 3. The van der Waals surface area contributed by atoms with Crippen LogP contribution in [0.25, 0.3) is 0 Å². The third-order valence-corrected chi connectivity index (χ3v) is 6.88. The Kier molecular flexibility index (Phi) is 10.9. The van der Waals surface area contributed by atoms with Crippen molar-refractivity contribution in [3.8, 4) is 0 Å². The minimum Gasteiger partial charge on any atom is -0.480 e. The average Bonchev–Trinajstić information content (AvgIpc) is 3.11. The van der Waals surface area contributed by atoms with Gasteiger partial charge in [-0.2, -0.15) is 0 Å². The number of likely N-dealkylation sites (tertiary alicyclic amines) is 1. The maximum Gasteiger partial charge on any atom is 0.326 e. The molecule has 0 unspecified atom stereocenters. The number of carbonyl (C=O) groups is 4. The third kappa shape index (κ3) is 8.38. The number of nitrogens with zero attached hydrogens (tertiary/aromatic N) is 1. The molecule has 2 amide bonds. The molecule has 7 nitrogen and oxygen atoms in total. The predicted molar refractivity (Wildman–Crippen MR) is 117 cm³/mol. The van der Waals surface area contributed by atoms with E-state index in [-0.39, 0.29) is 30.1 Å². The van der Waals surface area contributed by atoms with E-state index in [1.165, 1.54) is 71.1 Å². The van der Waals surface area contributed by atoms with E-state index in [1.807, 2.05) is 0 Å². The van der Waals surface area contributed by atoms with Crippen LogP contribution in [0.3, 0.4) is 0 Å². The fourth-order valence-corrected chi connectivity index (χ4v) is 5.07. The lowest BCUT2D eigenvalue weighted by Crippen LogP contribution is -2.43. The Morgan fingerprint density at radius 2 is 1.50 bits per heavy atom. The van der Waals surface area contributed by atoms with Crippen molar-refractivity contribution < 1.29 is 24.3 Å². The predicted octanol–water partition coefficient (Wildman–Crippen LogP) is 3.50. The van der Waals surface area contributed by atoms with Crippen LogP contribution in [0.1, 0.15) is 90.4 Å². The van der Waals surface area contributed by atoms with Gasteiger partial charge < -0.3 is 10.4 Å². The Morgan fingerprint density at radius 1 is 0.967 bits per heavy atom. The van der Waals surface area contributed by atoms with E-state index in [0.29, 0.717) is 0 Å². The number of aliphatic carboxylic acids is 1. The van der Waals surface area contributed by atoms with Gasteiger partial charge in [-0.1, -0.05) is 50.3 Å². The number of imide groups is 1. The molecule has 0 radical (unpaired) electrons. The molecule has 0 spiro atoms. The van der Waals surface area contributed by atoms with Crippen molar-refractivity contribution in [3.63, 3.8) is 0 Å². The van der Waals surface area contributed by atoms with Crippen LogP contribution >= 0.6 is 11.8 Å². The minimum atomic E-state index is -1.16. The summed E-state index contributed by atoms with van der Waals surface area (Å²) in [6.07, 6.45) is 14.8. The third-order valence-electron chi connectivity index (χ3n) is 6.07. The molecule has 170 valence electrons. The quantitative estimate of drug-likeness (QED) is 0.651. The second-order valence-corrected chi connectivity index (χ2v) is 9.75. The van der Waals surface area contributed by atoms with Gasteiger partial charge in [-0.05, 0) is 32.1 Å². The van der Waals surface area contributed by atoms with Gasteiger partial charge >= 0.3 is 5.97 Å². The van der Waals surface area contributed by atoms with Gasteiger partial charge in [0.25, 0.3) is 0 Å². The molecule has 2 N–H and O–H groups in total. The average molecular weight is 441 g/mol. The summed E-state index contributed by atoms with van der Waals surface area (Å²) >= 11 is 0.984. The lowest BCUT2D eigenvalue weighted by atomic mass is 9.91. The number of thioether (sulfide) groups is 1. The number of carboxylic acid groups (broad SMARTS) is 1. The van der Waals surface area contributed by atoms with E-state index < -0.39 is 23.8 Å². The second-order valence-electron chi connectivity index (χ2n) is 8.48. The summed E-state index contributed by atoms with van der Waals surface area (Å²) in [5, 5.41) is 12.6. The summed E-state index contributed by atoms with van der Waals surface area (Å²) in [5.41, 5.74) is 0. The van der Waals surface area contributed by atoms with Crippen molar-refractivity contribution in [1.82, 2.24) is 10.2 Å². The maximum absolute atomic E-state index is 11.7. The smallest absolute Gasteiger partial charge is 0.326 e. The Morgan fingerprint density at radius 3 is 1.97 bits per heavy atom. The Bertz CT molecular complexity index is 584. The summed E-state index contributed by atoms with van der Waals surface area (Å²) in [6.45, 7) is 1.39. The molecule has 2 aliphatic carbocycles. The molecular weight excluding hydrogens is 404 g/mol. The van der Waals surface area contributed by atoms with Crippen molar-refractivity contribution >= 4 is 34.7 Å². The normalized spacial score (nSPS) is 23.0. The van der Waals surface area contributed by atoms with Crippen molar-refractivity contribution in [2.24, 2.45) is 0 Å². The van der Waals surface area contributed by atoms with E-state index in [9.17, 15) is 19.2 Å². The van der Waals surface area contributed by atoms with Gasteiger partial charge in [0.1, 0.15) is 6.04 Å². The van der Waals surface area contributed by atoms with Crippen LogP contribution in [0, 0.1) is 0 Å². The van der Waals surface area contributed by atoms with Crippen molar-refractivity contribution in [2.75, 3.05) is 5.75 Å². The van der Waals surface area contributed by atoms with Gasteiger partial charge in [-0.3, -0.25) is 19.3 Å². The molecule has 1 aliphatic heterocycles. The van der Waals surface area contributed by atoms with Crippen molar-refractivity contribution in [3.05, 3.63) is 0 Å². The molecule has 1 saturated heterocycles. The van der Waals surface area contributed by atoms with E-state index in [1.54, 1.807) is 0 Å². The number of carboxylic acids is 1. The summed E-state index contributed by atoms with van der Waals surface area (Å²) in [7, 11) is 0. The first-order valence-electron chi connectivity index (χ1n) is 11.4. The Hall–Kier alpha value is -1.41. The first-order chi connectivity index (χ1) is 14.4.